The first kappa shape index (κ1) is 23.7. The molecule has 8 aromatic carbocycles. The quantitative estimate of drug-likeness (QED) is 0.161. The van der Waals surface area contributed by atoms with Gasteiger partial charge in [0.15, 0.2) is 5.78 Å². The topological polar surface area (TPSA) is 43.4 Å². The van der Waals surface area contributed by atoms with Gasteiger partial charge in [0, 0.05) is 12.0 Å². The summed E-state index contributed by atoms with van der Waals surface area (Å²) in [6, 6.07) is 34.7. The van der Waals surface area contributed by atoms with Crippen LogP contribution in [0.1, 0.15) is 45.8 Å². The molecular formula is C39H26O3. The van der Waals surface area contributed by atoms with Crippen LogP contribution >= 0.6 is 0 Å². The van der Waals surface area contributed by atoms with E-state index in [2.05, 4.69) is 91.0 Å². The maximum Gasteiger partial charge on any atom is 0.305 e. The molecule has 1 unspecified atom stereocenters. The van der Waals surface area contributed by atoms with E-state index >= 15 is 0 Å². The van der Waals surface area contributed by atoms with Crippen LogP contribution in [0.2, 0.25) is 0 Å². The minimum Gasteiger partial charge on any atom is -0.469 e. The highest BCUT2D eigenvalue weighted by Crippen LogP contribution is 2.50. The number of hydrogen-bond acceptors (Lipinski definition) is 3. The van der Waals surface area contributed by atoms with Gasteiger partial charge in [0.1, 0.15) is 0 Å². The molecule has 0 aliphatic heterocycles. The van der Waals surface area contributed by atoms with Gasteiger partial charge in [-0.3, -0.25) is 9.59 Å². The standard InChI is InChI=1S/C39H26O3/c1-42-32(40)10-4-5-21-13-17-28-30(19-25-8-3-7-23-14-16-27(21)36(28)34(23)25)38-31-20-26-9-2-6-22-11-12-24-15-18-29(39(38)41)37(31)35(24)33(22)26/h2-3,6-9,11-20,38H,4-5,10H2,1H3. The Morgan fingerprint density at radius 2 is 1.26 bits per heavy atom. The van der Waals surface area contributed by atoms with Crippen molar-refractivity contribution in [1.29, 1.82) is 0 Å². The van der Waals surface area contributed by atoms with E-state index in [-0.39, 0.29) is 17.7 Å². The van der Waals surface area contributed by atoms with Crippen LogP contribution in [-0.2, 0) is 16.0 Å². The van der Waals surface area contributed by atoms with Crippen molar-refractivity contribution in [2.75, 3.05) is 7.11 Å². The third kappa shape index (κ3) is 3.06. The number of benzene rings is 8. The molecule has 0 spiro atoms. The van der Waals surface area contributed by atoms with Crippen LogP contribution in [0.15, 0.2) is 97.1 Å². The zero-order chi connectivity index (χ0) is 28.1. The molecule has 0 fully saturated rings. The van der Waals surface area contributed by atoms with E-state index in [4.69, 9.17) is 4.74 Å². The van der Waals surface area contributed by atoms with Crippen molar-refractivity contribution in [2.45, 2.75) is 25.2 Å². The molecule has 0 saturated carbocycles. The van der Waals surface area contributed by atoms with Gasteiger partial charge in [0.25, 0.3) is 0 Å². The molecular weight excluding hydrogens is 516 g/mol. The molecule has 1 aliphatic rings. The lowest BCUT2D eigenvalue weighted by Gasteiger charge is -2.21. The Kier molecular flexibility index (Phi) is 4.79. The Morgan fingerprint density at radius 1 is 0.643 bits per heavy atom. The smallest absolute Gasteiger partial charge is 0.305 e. The second kappa shape index (κ2) is 8.50. The van der Waals surface area contributed by atoms with Gasteiger partial charge < -0.3 is 4.74 Å². The number of esters is 1. The molecule has 0 N–H and O–H groups in total. The number of carbonyl (C=O) groups excluding carboxylic acids is 2. The predicted octanol–water partition coefficient (Wildman–Crippen LogP) is 9.31. The van der Waals surface area contributed by atoms with Crippen LogP contribution in [0.25, 0.3) is 64.6 Å². The second-order valence-electron chi connectivity index (χ2n) is 11.7. The fourth-order valence-electron chi connectivity index (χ4n) is 7.82. The monoisotopic (exact) mass is 542 g/mol. The van der Waals surface area contributed by atoms with Crippen molar-refractivity contribution in [3.8, 4) is 0 Å². The number of Topliss-reactive ketones (excluding diaryl/α,β-unsaturated/α-hetero) is 1. The molecule has 200 valence electrons. The first-order valence-corrected chi connectivity index (χ1v) is 14.6. The van der Waals surface area contributed by atoms with Crippen LogP contribution in [0.3, 0.4) is 0 Å². The fraction of sp³-hybridized carbons (Fsp3) is 0.128. The van der Waals surface area contributed by atoms with Crippen molar-refractivity contribution < 1.29 is 14.3 Å². The Bertz CT molecular complexity index is 2410. The van der Waals surface area contributed by atoms with Crippen molar-refractivity contribution in [3.63, 3.8) is 0 Å². The molecule has 0 heterocycles. The minimum absolute atomic E-state index is 0.177. The predicted molar refractivity (Wildman–Crippen MR) is 171 cm³/mol. The van der Waals surface area contributed by atoms with Gasteiger partial charge >= 0.3 is 5.97 Å². The second-order valence-corrected chi connectivity index (χ2v) is 11.7. The van der Waals surface area contributed by atoms with Gasteiger partial charge in [0.2, 0.25) is 0 Å². The lowest BCUT2D eigenvalue weighted by molar-refractivity contribution is -0.140. The van der Waals surface area contributed by atoms with E-state index < -0.39 is 0 Å². The molecule has 42 heavy (non-hydrogen) atoms. The number of carbonyl (C=O) groups is 2. The Labute approximate surface area is 242 Å². The molecule has 0 saturated heterocycles. The van der Waals surface area contributed by atoms with Crippen LogP contribution < -0.4 is 0 Å². The maximum absolute atomic E-state index is 14.4. The molecule has 3 nitrogen and oxygen atoms in total. The average molecular weight is 543 g/mol. The number of hydrogen-bond donors (Lipinski definition) is 0. The van der Waals surface area contributed by atoms with Gasteiger partial charge in [-0.15, -0.1) is 0 Å². The summed E-state index contributed by atoms with van der Waals surface area (Å²) in [6.07, 6.45) is 1.92. The van der Waals surface area contributed by atoms with Crippen molar-refractivity contribution in [2.24, 2.45) is 0 Å². The molecule has 3 heteroatoms. The summed E-state index contributed by atoms with van der Waals surface area (Å²) in [6.45, 7) is 0. The Balaban J connectivity index is 1.33. The molecule has 0 bridgehead atoms. The number of ketones is 1. The summed E-state index contributed by atoms with van der Waals surface area (Å²) in [7, 11) is 1.44. The number of ether oxygens (including phenoxy) is 1. The van der Waals surface area contributed by atoms with Crippen LogP contribution in [-0.4, -0.2) is 18.9 Å². The summed E-state index contributed by atoms with van der Waals surface area (Å²) in [4.78, 5) is 26.2. The Morgan fingerprint density at radius 3 is 2.02 bits per heavy atom. The van der Waals surface area contributed by atoms with E-state index in [0.29, 0.717) is 6.42 Å². The van der Waals surface area contributed by atoms with Crippen LogP contribution in [0.5, 0.6) is 0 Å². The first-order valence-electron chi connectivity index (χ1n) is 14.6. The van der Waals surface area contributed by atoms with Crippen molar-refractivity contribution in [1.82, 2.24) is 0 Å². The zero-order valence-electron chi connectivity index (χ0n) is 23.2. The summed E-state index contributed by atoms with van der Waals surface area (Å²) < 4.78 is 4.87. The van der Waals surface area contributed by atoms with Gasteiger partial charge in [-0.25, -0.2) is 0 Å². The summed E-state index contributed by atoms with van der Waals surface area (Å²) >= 11 is 0. The third-order valence-electron chi connectivity index (χ3n) is 9.63. The third-order valence-corrected chi connectivity index (χ3v) is 9.63. The molecule has 1 aliphatic carbocycles. The minimum atomic E-state index is -0.369. The van der Waals surface area contributed by atoms with E-state index in [1.165, 1.54) is 61.1 Å². The lowest BCUT2D eigenvalue weighted by atomic mass is 9.82. The van der Waals surface area contributed by atoms with Crippen molar-refractivity contribution >= 4 is 76.4 Å². The molecule has 0 radical (unpaired) electrons. The summed E-state index contributed by atoms with van der Waals surface area (Å²) in [5.74, 6) is -0.372. The van der Waals surface area contributed by atoms with E-state index in [9.17, 15) is 9.59 Å². The van der Waals surface area contributed by atoms with Gasteiger partial charge in [-0.05, 0) is 106 Å². The van der Waals surface area contributed by atoms with E-state index in [0.717, 1.165) is 45.7 Å². The normalized spacial score (nSPS) is 15.0. The van der Waals surface area contributed by atoms with E-state index in [1.807, 2.05) is 6.07 Å². The zero-order valence-corrected chi connectivity index (χ0v) is 23.2. The first-order chi connectivity index (χ1) is 20.6. The highest BCUT2D eigenvalue weighted by atomic mass is 16.5. The molecule has 1 atom stereocenters. The van der Waals surface area contributed by atoms with E-state index in [1.54, 1.807) is 0 Å². The number of rotatable bonds is 5. The van der Waals surface area contributed by atoms with Gasteiger partial charge in [-0.2, -0.15) is 0 Å². The summed E-state index contributed by atoms with van der Waals surface area (Å²) in [5.41, 5.74) is 4.23. The number of aryl methyl sites for hydroxylation is 1. The highest BCUT2D eigenvalue weighted by molar-refractivity contribution is 6.33. The highest BCUT2D eigenvalue weighted by Gasteiger charge is 2.36. The molecule has 8 aromatic rings. The van der Waals surface area contributed by atoms with Crippen LogP contribution in [0, 0.1) is 0 Å². The lowest BCUT2D eigenvalue weighted by Crippen LogP contribution is -2.09. The van der Waals surface area contributed by atoms with Gasteiger partial charge in [-0.1, -0.05) is 84.9 Å². The average Bonchev–Trinajstić information content (AvgIpc) is 3.31. The van der Waals surface area contributed by atoms with Crippen LogP contribution in [0.4, 0.5) is 0 Å². The summed E-state index contributed by atoms with van der Waals surface area (Å²) in [5, 5.41) is 14.3. The molecule has 9 rings (SSSR count). The largest absolute Gasteiger partial charge is 0.469 e. The van der Waals surface area contributed by atoms with Gasteiger partial charge in [0.05, 0.1) is 13.0 Å². The molecule has 0 amide bonds. The Hall–Kier alpha value is -5.02. The number of methoxy groups -OCH3 is 1. The molecule has 0 aromatic heterocycles. The SMILES string of the molecule is COC(=O)CCCc1ccc2c(C3C(=O)c4ccc5ccc6cccc7cc3c4c5c67)cc3cccc4ccc1c2c43. The fourth-order valence-corrected chi connectivity index (χ4v) is 7.82. The maximum atomic E-state index is 14.4. The van der Waals surface area contributed by atoms with Crippen molar-refractivity contribution in [3.05, 3.63) is 119 Å².